The van der Waals surface area contributed by atoms with Crippen LogP contribution in [0, 0.1) is 0 Å². The maximum absolute atomic E-state index is 5.81. The predicted octanol–water partition coefficient (Wildman–Crippen LogP) is 2.58. The topological polar surface area (TPSA) is 59.5 Å². The number of halogens is 2. The van der Waals surface area contributed by atoms with Crippen molar-refractivity contribution in [2.45, 2.75) is 6.42 Å². The van der Waals surface area contributed by atoms with E-state index in [4.69, 9.17) is 9.47 Å². The monoisotopic (exact) mass is 386 g/mol. The Morgan fingerprint density at radius 1 is 0.920 bits per heavy atom. The summed E-state index contributed by atoms with van der Waals surface area (Å²) in [7, 11) is 0. The fourth-order valence-electron chi connectivity index (χ4n) is 2.45. The molecule has 0 unspecified atom stereocenters. The second-order valence-electron chi connectivity index (χ2n) is 5.29. The van der Waals surface area contributed by atoms with Crippen LogP contribution in [-0.2, 0) is 0 Å². The Balaban J connectivity index is 0.00000156. The van der Waals surface area contributed by atoms with Crippen LogP contribution in [0.4, 0.5) is 5.82 Å². The van der Waals surface area contributed by atoms with Gasteiger partial charge in [-0.2, -0.15) is 0 Å². The summed E-state index contributed by atoms with van der Waals surface area (Å²) >= 11 is 0. The van der Waals surface area contributed by atoms with Gasteiger partial charge >= 0.3 is 0 Å². The lowest BCUT2D eigenvalue weighted by Gasteiger charge is -2.28. The van der Waals surface area contributed by atoms with Crippen molar-refractivity contribution < 1.29 is 9.47 Å². The maximum atomic E-state index is 5.81. The average Bonchev–Trinajstić information content (AvgIpc) is 2.63. The second-order valence-corrected chi connectivity index (χ2v) is 5.29. The molecule has 0 aliphatic carbocycles. The first-order valence-electron chi connectivity index (χ1n) is 8.01. The van der Waals surface area contributed by atoms with E-state index in [9.17, 15) is 0 Å². The van der Waals surface area contributed by atoms with Gasteiger partial charge < -0.3 is 19.7 Å². The van der Waals surface area contributed by atoms with E-state index in [0.717, 1.165) is 44.2 Å². The van der Waals surface area contributed by atoms with Crippen LogP contribution in [0.25, 0.3) is 0 Å². The van der Waals surface area contributed by atoms with Crippen LogP contribution in [0.3, 0.4) is 0 Å². The number of anilines is 1. The van der Waals surface area contributed by atoms with Crippen LogP contribution in [0.5, 0.6) is 11.6 Å². The van der Waals surface area contributed by atoms with E-state index in [1.165, 1.54) is 0 Å². The molecule has 6 nitrogen and oxygen atoms in total. The molecule has 1 aromatic carbocycles. The van der Waals surface area contributed by atoms with Crippen LogP contribution in [0.1, 0.15) is 6.42 Å². The lowest BCUT2D eigenvalue weighted by molar-refractivity contribution is 0.242. The minimum atomic E-state index is 0. The molecule has 2 heterocycles. The number of nitrogens with zero attached hydrogens (tertiary/aromatic N) is 3. The van der Waals surface area contributed by atoms with E-state index in [1.54, 1.807) is 12.4 Å². The summed E-state index contributed by atoms with van der Waals surface area (Å²) in [5, 5.41) is 3.33. The highest BCUT2D eigenvalue weighted by Gasteiger charge is 2.17. The van der Waals surface area contributed by atoms with E-state index < -0.39 is 0 Å². The molecule has 1 aromatic heterocycles. The van der Waals surface area contributed by atoms with Gasteiger partial charge in [0.1, 0.15) is 5.75 Å². The maximum Gasteiger partial charge on any atom is 0.257 e. The van der Waals surface area contributed by atoms with Gasteiger partial charge in [0.15, 0.2) is 5.82 Å². The summed E-state index contributed by atoms with van der Waals surface area (Å²) in [4.78, 5) is 11.0. The lowest BCUT2D eigenvalue weighted by Crippen LogP contribution is -2.44. The molecule has 0 amide bonds. The highest BCUT2D eigenvalue weighted by Crippen LogP contribution is 2.22. The SMILES string of the molecule is Cl.Cl.c1ccc(OCCCOc2nccnc2N2CCNCC2)cc1. The molecular weight excluding hydrogens is 363 g/mol. The van der Waals surface area contributed by atoms with E-state index in [-0.39, 0.29) is 24.8 Å². The molecule has 1 aliphatic rings. The number of aromatic nitrogens is 2. The number of nitrogens with one attached hydrogen (secondary N) is 1. The molecule has 8 heteroatoms. The third-order valence-corrected chi connectivity index (χ3v) is 3.60. The van der Waals surface area contributed by atoms with E-state index in [2.05, 4.69) is 20.2 Å². The Hall–Kier alpha value is -1.76. The Labute approximate surface area is 160 Å². The van der Waals surface area contributed by atoms with Gasteiger partial charge in [0.25, 0.3) is 5.88 Å². The summed E-state index contributed by atoms with van der Waals surface area (Å²) in [6, 6.07) is 9.80. The Morgan fingerprint density at radius 2 is 1.60 bits per heavy atom. The third kappa shape index (κ3) is 6.57. The van der Waals surface area contributed by atoms with Crippen LogP contribution in [0.15, 0.2) is 42.7 Å². The van der Waals surface area contributed by atoms with Crippen molar-refractivity contribution in [3.05, 3.63) is 42.7 Å². The second kappa shape index (κ2) is 11.7. The molecule has 25 heavy (non-hydrogen) atoms. The Kier molecular flexibility index (Phi) is 9.99. The van der Waals surface area contributed by atoms with E-state index in [1.807, 2.05) is 30.3 Å². The molecule has 138 valence electrons. The van der Waals surface area contributed by atoms with Crippen molar-refractivity contribution in [2.75, 3.05) is 44.3 Å². The summed E-state index contributed by atoms with van der Waals surface area (Å²) in [5.74, 6) is 2.32. The van der Waals surface area contributed by atoms with Crippen LogP contribution in [0.2, 0.25) is 0 Å². The number of ether oxygens (including phenoxy) is 2. The number of hydrogen-bond donors (Lipinski definition) is 1. The summed E-state index contributed by atoms with van der Waals surface area (Å²) < 4.78 is 11.5. The molecule has 0 spiro atoms. The lowest BCUT2D eigenvalue weighted by atomic mass is 10.3. The molecule has 1 aliphatic heterocycles. The van der Waals surface area contributed by atoms with Gasteiger partial charge in [-0.15, -0.1) is 24.8 Å². The fraction of sp³-hybridized carbons (Fsp3) is 0.412. The smallest absolute Gasteiger partial charge is 0.257 e. The van der Waals surface area contributed by atoms with Crippen molar-refractivity contribution >= 4 is 30.6 Å². The zero-order valence-corrected chi connectivity index (χ0v) is 15.6. The zero-order chi connectivity index (χ0) is 15.7. The Morgan fingerprint density at radius 3 is 2.36 bits per heavy atom. The molecule has 3 rings (SSSR count). The molecule has 0 bridgehead atoms. The van der Waals surface area contributed by atoms with Crippen molar-refractivity contribution in [1.29, 1.82) is 0 Å². The van der Waals surface area contributed by atoms with Crippen LogP contribution < -0.4 is 19.7 Å². The standard InChI is InChI=1S/C17H22N4O2.2ClH/c1-2-5-15(6-3-1)22-13-4-14-23-17-16(19-7-8-20-17)21-11-9-18-10-12-21;;/h1-3,5-8,18H,4,9-14H2;2*1H. The van der Waals surface area contributed by atoms with Crippen molar-refractivity contribution in [3.63, 3.8) is 0 Å². The normalized spacial score (nSPS) is 13.4. The molecule has 1 N–H and O–H groups in total. The Bertz CT molecular complexity index is 598. The molecule has 0 atom stereocenters. The van der Waals surface area contributed by atoms with Gasteiger partial charge in [0.05, 0.1) is 13.2 Å². The van der Waals surface area contributed by atoms with Gasteiger partial charge in [-0.1, -0.05) is 18.2 Å². The largest absolute Gasteiger partial charge is 0.493 e. The number of rotatable bonds is 7. The van der Waals surface area contributed by atoms with E-state index in [0.29, 0.717) is 19.1 Å². The highest BCUT2D eigenvalue weighted by atomic mass is 35.5. The van der Waals surface area contributed by atoms with Gasteiger partial charge in [0.2, 0.25) is 0 Å². The average molecular weight is 387 g/mol. The van der Waals surface area contributed by atoms with Crippen molar-refractivity contribution in [1.82, 2.24) is 15.3 Å². The quantitative estimate of drug-likeness (QED) is 0.737. The summed E-state index contributed by atoms with van der Waals surface area (Å²) in [6.07, 6.45) is 4.18. The molecule has 0 radical (unpaired) electrons. The number of para-hydroxylation sites is 1. The van der Waals surface area contributed by atoms with Gasteiger partial charge in [-0.05, 0) is 12.1 Å². The molecule has 1 fully saturated rings. The first-order chi connectivity index (χ1) is 11.4. The molecule has 1 saturated heterocycles. The molecule has 2 aromatic rings. The number of hydrogen-bond acceptors (Lipinski definition) is 6. The van der Waals surface area contributed by atoms with Crippen LogP contribution >= 0.6 is 24.8 Å². The summed E-state index contributed by atoms with van der Waals surface area (Å²) in [5.41, 5.74) is 0. The minimum absolute atomic E-state index is 0. The number of piperazine rings is 1. The predicted molar refractivity (Wildman–Crippen MR) is 104 cm³/mol. The third-order valence-electron chi connectivity index (χ3n) is 3.60. The molecule has 0 saturated carbocycles. The molecular formula is C17H24Cl2N4O2. The summed E-state index contributed by atoms with van der Waals surface area (Å²) in [6.45, 7) is 4.94. The van der Waals surface area contributed by atoms with Gasteiger partial charge in [0, 0.05) is 45.0 Å². The first kappa shape index (κ1) is 21.3. The number of benzene rings is 1. The first-order valence-corrected chi connectivity index (χ1v) is 8.01. The van der Waals surface area contributed by atoms with Gasteiger partial charge in [-0.3, -0.25) is 0 Å². The van der Waals surface area contributed by atoms with E-state index >= 15 is 0 Å². The minimum Gasteiger partial charge on any atom is -0.493 e. The fourth-order valence-corrected chi connectivity index (χ4v) is 2.45. The van der Waals surface area contributed by atoms with Gasteiger partial charge in [-0.25, -0.2) is 9.97 Å². The highest BCUT2D eigenvalue weighted by molar-refractivity contribution is 5.85. The zero-order valence-electron chi connectivity index (χ0n) is 14.0. The van der Waals surface area contributed by atoms with Crippen molar-refractivity contribution in [3.8, 4) is 11.6 Å². The van der Waals surface area contributed by atoms with Crippen molar-refractivity contribution in [2.24, 2.45) is 0 Å². The van der Waals surface area contributed by atoms with Crippen LogP contribution in [-0.4, -0.2) is 49.4 Å².